The molecule has 3 aromatic rings. The Bertz CT molecular complexity index is 1060. The molecule has 0 saturated heterocycles. The molecular formula is C22H24N2OS. The molecule has 0 saturated carbocycles. The van der Waals surface area contributed by atoms with Gasteiger partial charge in [-0.1, -0.05) is 52.0 Å². The summed E-state index contributed by atoms with van der Waals surface area (Å²) in [5.74, 6) is 0.840. The molecule has 0 amide bonds. The zero-order valence-corrected chi connectivity index (χ0v) is 16.6. The molecule has 2 aromatic heterocycles. The van der Waals surface area contributed by atoms with Crippen molar-refractivity contribution in [2.75, 3.05) is 0 Å². The first kappa shape index (κ1) is 17.2. The Morgan fingerprint density at radius 1 is 1.23 bits per heavy atom. The summed E-state index contributed by atoms with van der Waals surface area (Å²) in [7, 11) is 0. The van der Waals surface area contributed by atoms with E-state index in [9.17, 15) is 4.79 Å². The number of hydrogen-bond acceptors (Lipinski definition) is 3. The molecule has 0 aliphatic carbocycles. The van der Waals surface area contributed by atoms with E-state index in [4.69, 9.17) is 4.98 Å². The molecule has 0 unspecified atom stereocenters. The lowest BCUT2D eigenvalue weighted by Crippen LogP contribution is -2.19. The highest BCUT2D eigenvalue weighted by atomic mass is 32.1. The van der Waals surface area contributed by atoms with Crippen LogP contribution in [0.3, 0.4) is 0 Å². The number of thiophene rings is 1. The quantitative estimate of drug-likeness (QED) is 0.621. The summed E-state index contributed by atoms with van der Waals surface area (Å²) in [5, 5.41) is 0.770. The number of nitrogens with zero attached hydrogens (tertiary/aromatic N) is 2. The van der Waals surface area contributed by atoms with E-state index in [2.05, 4.69) is 58.0 Å². The maximum Gasteiger partial charge on any atom is 0.262 e. The van der Waals surface area contributed by atoms with Gasteiger partial charge in [-0.3, -0.25) is 9.36 Å². The van der Waals surface area contributed by atoms with Crippen LogP contribution in [0, 0.1) is 0 Å². The lowest BCUT2D eigenvalue weighted by atomic mass is 9.86. The molecule has 0 atom stereocenters. The minimum Gasteiger partial charge on any atom is -0.292 e. The summed E-state index contributed by atoms with van der Waals surface area (Å²) in [5.41, 5.74) is 3.90. The summed E-state index contributed by atoms with van der Waals surface area (Å²) in [4.78, 5) is 19.7. The van der Waals surface area contributed by atoms with E-state index >= 15 is 0 Å². The van der Waals surface area contributed by atoms with E-state index in [1.807, 2.05) is 10.6 Å². The van der Waals surface area contributed by atoms with Gasteiger partial charge in [0.1, 0.15) is 10.7 Å². The first-order valence-corrected chi connectivity index (χ1v) is 10.0. The minimum atomic E-state index is 0.104. The molecule has 4 rings (SSSR count). The average molecular weight is 365 g/mol. The van der Waals surface area contributed by atoms with E-state index in [1.165, 1.54) is 10.4 Å². The van der Waals surface area contributed by atoms with Crippen molar-refractivity contribution < 1.29 is 0 Å². The molecule has 134 valence electrons. The monoisotopic (exact) mass is 364 g/mol. The van der Waals surface area contributed by atoms with E-state index in [1.54, 1.807) is 11.3 Å². The zero-order valence-electron chi connectivity index (χ0n) is 15.8. The second-order valence-electron chi connectivity index (χ2n) is 7.97. The third-order valence-corrected chi connectivity index (χ3v) is 6.23. The molecule has 0 radical (unpaired) electrons. The molecule has 1 aliphatic heterocycles. The lowest BCUT2D eigenvalue weighted by molar-refractivity contribution is 0.590. The molecule has 0 N–H and O–H groups in total. The maximum absolute atomic E-state index is 12.8. The fourth-order valence-electron chi connectivity index (χ4n) is 3.45. The molecule has 1 aromatic carbocycles. The first-order chi connectivity index (χ1) is 12.4. The van der Waals surface area contributed by atoms with Gasteiger partial charge in [-0.2, -0.15) is 0 Å². The van der Waals surface area contributed by atoms with Gasteiger partial charge in [-0.15, -0.1) is 11.3 Å². The summed E-state index contributed by atoms with van der Waals surface area (Å²) < 4.78 is 1.84. The summed E-state index contributed by atoms with van der Waals surface area (Å²) in [6, 6.07) is 10.7. The number of rotatable bonds is 2. The number of fused-ring (bicyclic) bond motifs is 2. The smallest absolute Gasteiger partial charge is 0.262 e. The summed E-state index contributed by atoms with van der Waals surface area (Å²) in [6.07, 6.45) is 3.98. The van der Waals surface area contributed by atoms with Crippen LogP contribution < -0.4 is 5.56 Å². The van der Waals surface area contributed by atoms with Gasteiger partial charge in [0, 0.05) is 11.4 Å². The van der Waals surface area contributed by atoms with Crippen molar-refractivity contribution in [1.82, 2.24) is 9.55 Å². The molecule has 0 spiro atoms. The standard InChI is InChI=1S/C22H24N2OS/c1-5-17-13-18-20(26-17)23-19-15(10-11-24(19)21(18)25)12-14-6-8-16(9-7-14)22(2,3)4/h6-9,12-13H,5,10-11H2,1-4H3/b15-12-. The molecular weight excluding hydrogens is 340 g/mol. The van der Waals surface area contributed by atoms with Gasteiger partial charge in [0.25, 0.3) is 5.56 Å². The number of aryl methyl sites for hydroxylation is 1. The van der Waals surface area contributed by atoms with E-state index in [-0.39, 0.29) is 11.0 Å². The van der Waals surface area contributed by atoms with Crippen molar-refractivity contribution in [2.45, 2.75) is 52.5 Å². The van der Waals surface area contributed by atoms with Crippen LogP contribution in [0.2, 0.25) is 0 Å². The maximum atomic E-state index is 12.8. The molecule has 4 heteroatoms. The van der Waals surface area contributed by atoms with Crippen LogP contribution in [-0.2, 0) is 18.4 Å². The highest BCUT2D eigenvalue weighted by Gasteiger charge is 2.22. The number of benzene rings is 1. The molecule has 3 nitrogen and oxygen atoms in total. The van der Waals surface area contributed by atoms with Gasteiger partial charge in [-0.05, 0) is 47.1 Å². The highest BCUT2D eigenvalue weighted by molar-refractivity contribution is 7.18. The van der Waals surface area contributed by atoms with Crippen molar-refractivity contribution in [3.63, 3.8) is 0 Å². The number of aromatic nitrogens is 2. The van der Waals surface area contributed by atoms with Crippen molar-refractivity contribution in [2.24, 2.45) is 0 Å². The number of allylic oxidation sites excluding steroid dienone is 1. The van der Waals surface area contributed by atoms with Gasteiger partial charge in [0.05, 0.1) is 5.39 Å². The highest BCUT2D eigenvalue weighted by Crippen LogP contribution is 2.30. The van der Waals surface area contributed by atoms with Gasteiger partial charge in [-0.25, -0.2) is 4.98 Å². The Hall–Kier alpha value is -2.20. The summed E-state index contributed by atoms with van der Waals surface area (Å²) >= 11 is 1.64. The Morgan fingerprint density at radius 3 is 2.62 bits per heavy atom. The lowest BCUT2D eigenvalue weighted by Gasteiger charge is -2.18. The van der Waals surface area contributed by atoms with Crippen molar-refractivity contribution in [1.29, 1.82) is 0 Å². The fraction of sp³-hybridized carbons (Fsp3) is 0.364. The van der Waals surface area contributed by atoms with E-state index in [0.29, 0.717) is 0 Å². The van der Waals surface area contributed by atoms with Crippen molar-refractivity contribution in [3.8, 4) is 0 Å². The van der Waals surface area contributed by atoms with E-state index in [0.717, 1.165) is 46.6 Å². The van der Waals surface area contributed by atoms with Crippen LogP contribution >= 0.6 is 11.3 Å². The first-order valence-electron chi connectivity index (χ1n) is 9.21. The molecule has 0 fully saturated rings. The average Bonchev–Trinajstić information content (AvgIpc) is 3.20. The van der Waals surface area contributed by atoms with Gasteiger partial charge in [0.2, 0.25) is 0 Å². The van der Waals surface area contributed by atoms with Crippen LogP contribution in [0.5, 0.6) is 0 Å². The van der Waals surface area contributed by atoms with Crippen LogP contribution in [-0.4, -0.2) is 9.55 Å². The zero-order chi connectivity index (χ0) is 18.5. The second-order valence-corrected chi connectivity index (χ2v) is 9.08. The Balaban J connectivity index is 1.76. The largest absolute Gasteiger partial charge is 0.292 e. The Labute approximate surface area is 158 Å². The SMILES string of the molecule is CCc1cc2c(=O)n3c(nc2s1)/C(=C\c1ccc(C(C)(C)C)cc1)CC3. The van der Waals surface area contributed by atoms with Crippen LogP contribution in [0.25, 0.3) is 21.9 Å². The summed E-state index contributed by atoms with van der Waals surface area (Å²) in [6.45, 7) is 9.51. The molecule has 1 aliphatic rings. The fourth-order valence-corrected chi connectivity index (χ4v) is 4.41. The minimum absolute atomic E-state index is 0.104. The van der Waals surface area contributed by atoms with E-state index < -0.39 is 0 Å². The third kappa shape index (κ3) is 2.92. The van der Waals surface area contributed by atoms with Gasteiger partial charge < -0.3 is 0 Å². The van der Waals surface area contributed by atoms with Crippen LogP contribution in [0.1, 0.15) is 55.9 Å². The second kappa shape index (κ2) is 6.20. The van der Waals surface area contributed by atoms with Crippen LogP contribution in [0.4, 0.5) is 0 Å². The normalized spacial score (nSPS) is 15.8. The Morgan fingerprint density at radius 2 is 1.96 bits per heavy atom. The number of hydrogen-bond donors (Lipinski definition) is 0. The predicted molar refractivity (Wildman–Crippen MR) is 111 cm³/mol. The predicted octanol–water partition coefficient (Wildman–Crippen LogP) is 5.26. The van der Waals surface area contributed by atoms with Gasteiger partial charge >= 0.3 is 0 Å². The van der Waals surface area contributed by atoms with Crippen molar-refractivity contribution >= 4 is 33.2 Å². The van der Waals surface area contributed by atoms with Crippen LogP contribution in [0.15, 0.2) is 35.1 Å². The molecule has 26 heavy (non-hydrogen) atoms. The Kier molecular flexibility index (Phi) is 4.11. The molecule has 3 heterocycles. The van der Waals surface area contributed by atoms with Crippen molar-refractivity contribution in [3.05, 3.63) is 62.5 Å². The van der Waals surface area contributed by atoms with Gasteiger partial charge in [0.15, 0.2) is 0 Å². The molecule has 0 bridgehead atoms. The third-order valence-electron chi connectivity index (χ3n) is 5.06. The topological polar surface area (TPSA) is 34.9 Å².